The molecule has 0 amide bonds. The summed E-state index contributed by atoms with van der Waals surface area (Å²) < 4.78 is 5.40. The van der Waals surface area contributed by atoms with Crippen LogP contribution >= 0.6 is 0 Å². The van der Waals surface area contributed by atoms with Gasteiger partial charge in [0.2, 0.25) is 0 Å². The lowest BCUT2D eigenvalue weighted by Gasteiger charge is -2.14. The Morgan fingerprint density at radius 2 is 2.11 bits per heavy atom. The Bertz CT molecular complexity index is 408. The average Bonchev–Trinajstić information content (AvgIpc) is 2.38. The molecule has 1 aromatic rings. The van der Waals surface area contributed by atoms with E-state index in [-0.39, 0.29) is 0 Å². The summed E-state index contributed by atoms with van der Waals surface area (Å²) in [6.07, 6.45) is 4.36. The van der Waals surface area contributed by atoms with Gasteiger partial charge in [0.25, 0.3) is 0 Å². The fraction of sp³-hybridized carbons (Fsp3) is 0.500. The molecule has 0 aliphatic heterocycles. The largest absolute Gasteiger partial charge is 0.496 e. The van der Waals surface area contributed by atoms with E-state index >= 15 is 0 Å². The van der Waals surface area contributed by atoms with Crippen molar-refractivity contribution in [1.82, 2.24) is 0 Å². The average molecular weight is 247 g/mol. The highest BCUT2D eigenvalue weighted by Crippen LogP contribution is 2.29. The highest BCUT2D eigenvalue weighted by atomic mass is 16.5. The third-order valence-corrected chi connectivity index (χ3v) is 3.17. The van der Waals surface area contributed by atoms with Gasteiger partial charge in [0.1, 0.15) is 5.75 Å². The molecule has 1 rings (SSSR count). The predicted molar refractivity (Wildman–Crippen MR) is 79.0 cm³/mol. The number of rotatable bonds is 6. The van der Waals surface area contributed by atoms with Gasteiger partial charge in [-0.25, -0.2) is 0 Å². The highest BCUT2D eigenvalue weighted by Gasteiger charge is 2.08. The summed E-state index contributed by atoms with van der Waals surface area (Å²) in [6, 6.07) is 6.42. The summed E-state index contributed by atoms with van der Waals surface area (Å²) in [5, 5.41) is 0. The number of hydrogen-bond donors (Lipinski definition) is 1. The Labute approximate surface area is 111 Å². The van der Waals surface area contributed by atoms with E-state index in [0.717, 1.165) is 25.1 Å². The fourth-order valence-electron chi connectivity index (χ4n) is 1.99. The summed E-state index contributed by atoms with van der Waals surface area (Å²) in [5.41, 5.74) is 9.36. The van der Waals surface area contributed by atoms with Crippen LogP contribution in [0, 0.1) is 0 Å². The maximum atomic E-state index is 5.51. The number of methoxy groups -OCH3 is 1. The maximum absolute atomic E-state index is 5.51. The third kappa shape index (κ3) is 3.88. The predicted octanol–water partition coefficient (Wildman–Crippen LogP) is 3.96. The lowest BCUT2D eigenvalue weighted by atomic mass is 9.96. The van der Waals surface area contributed by atoms with Crippen LogP contribution in [-0.2, 0) is 0 Å². The van der Waals surface area contributed by atoms with Crippen LogP contribution in [0.5, 0.6) is 5.75 Å². The third-order valence-electron chi connectivity index (χ3n) is 3.17. The minimum absolute atomic E-state index is 0.469. The molecule has 0 unspecified atom stereocenters. The molecule has 0 aliphatic rings. The summed E-state index contributed by atoms with van der Waals surface area (Å²) in [4.78, 5) is 0. The van der Waals surface area contributed by atoms with Crippen LogP contribution in [0.4, 0.5) is 0 Å². The maximum Gasteiger partial charge on any atom is 0.122 e. The number of ether oxygens (including phenoxy) is 1. The molecule has 0 aliphatic carbocycles. The molecule has 2 nitrogen and oxygen atoms in total. The van der Waals surface area contributed by atoms with Gasteiger partial charge in [-0.3, -0.25) is 0 Å². The van der Waals surface area contributed by atoms with E-state index in [1.165, 1.54) is 16.7 Å². The fourth-order valence-corrected chi connectivity index (χ4v) is 1.99. The first-order valence-electron chi connectivity index (χ1n) is 6.65. The van der Waals surface area contributed by atoms with Crippen LogP contribution < -0.4 is 10.5 Å². The molecule has 0 saturated heterocycles. The zero-order chi connectivity index (χ0) is 13.5. The van der Waals surface area contributed by atoms with Gasteiger partial charge < -0.3 is 10.5 Å². The molecule has 0 saturated carbocycles. The summed E-state index contributed by atoms with van der Waals surface area (Å²) in [5.74, 6) is 1.44. The lowest BCUT2D eigenvalue weighted by molar-refractivity contribution is 0.407. The number of allylic oxidation sites excluding steroid dienone is 2. The van der Waals surface area contributed by atoms with Crippen molar-refractivity contribution in [1.29, 1.82) is 0 Å². The summed E-state index contributed by atoms with van der Waals surface area (Å²) >= 11 is 0. The standard InChI is InChI=1S/C16H25NO/c1-12(2)15-11-14(8-9-16(15)18-4)13(3)7-5-6-10-17/h7-9,11-12H,5-6,10,17H2,1-4H3/b13-7+. The van der Waals surface area contributed by atoms with Crippen LogP contribution in [0.15, 0.2) is 24.3 Å². The van der Waals surface area contributed by atoms with Crippen molar-refractivity contribution in [2.45, 2.75) is 39.5 Å². The van der Waals surface area contributed by atoms with E-state index in [1.807, 2.05) is 0 Å². The number of nitrogens with two attached hydrogens (primary N) is 1. The molecular formula is C16H25NO. The summed E-state index contributed by atoms with van der Waals surface area (Å²) in [6.45, 7) is 7.29. The van der Waals surface area contributed by atoms with E-state index in [1.54, 1.807) is 7.11 Å². The van der Waals surface area contributed by atoms with Crippen LogP contribution in [0.3, 0.4) is 0 Å². The monoisotopic (exact) mass is 247 g/mol. The van der Waals surface area contributed by atoms with Crippen molar-refractivity contribution >= 4 is 5.57 Å². The number of unbranched alkanes of at least 4 members (excludes halogenated alkanes) is 1. The number of benzene rings is 1. The zero-order valence-corrected chi connectivity index (χ0v) is 12.0. The topological polar surface area (TPSA) is 35.2 Å². The first-order chi connectivity index (χ1) is 8.60. The molecular weight excluding hydrogens is 222 g/mol. The van der Waals surface area contributed by atoms with E-state index in [9.17, 15) is 0 Å². The van der Waals surface area contributed by atoms with Crippen molar-refractivity contribution in [3.8, 4) is 5.75 Å². The Morgan fingerprint density at radius 3 is 2.67 bits per heavy atom. The molecule has 2 heteroatoms. The molecule has 1 aromatic carbocycles. The Hall–Kier alpha value is -1.28. The summed E-state index contributed by atoms with van der Waals surface area (Å²) in [7, 11) is 1.73. The highest BCUT2D eigenvalue weighted by molar-refractivity contribution is 5.65. The van der Waals surface area contributed by atoms with Crippen molar-refractivity contribution in [2.75, 3.05) is 13.7 Å². The van der Waals surface area contributed by atoms with E-state index in [4.69, 9.17) is 10.5 Å². The SMILES string of the molecule is COc1ccc(/C(C)=C/CCCN)cc1C(C)C. The molecule has 0 bridgehead atoms. The lowest BCUT2D eigenvalue weighted by Crippen LogP contribution is -1.97. The van der Waals surface area contributed by atoms with Gasteiger partial charge >= 0.3 is 0 Å². The number of hydrogen-bond acceptors (Lipinski definition) is 2. The first kappa shape index (κ1) is 14.8. The quantitative estimate of drug-likeness (QED) is 0.772. The molecule has 0 spiro atoms. The van der Waals surface area contributed by atoms with Crippen molar-refractivity contribution in [3.63, 3.8) is 0 Å². The molecule has 0 heterocycles. The van der Waals surface area contributed by atoms with E-state index in [2.05, 4.69) is 45.0 Å². The Kier molecular flexibility index (Phi) is 5.93. The second kappa shape index (κ2) is 7.22. The van der Waals surface area contributed by atoms with Crippen molar-refractivity contribution < 1.29 is 4.74 Å². The first-order valence-corrected chi connectivity index (χ1v) is 6.65. The zero-order valence-electron chi connectivity index (χ0n) is 12.0. The van der Waals surface area contributed by atoms with E-state index < -0.39 is 0 Å². The molecule has 0 atom stereocenters. The molecule has 0 aromatic heterocycles. The molecule has 2 N–H and O–H groups in total. The molecule has 0 radical (unpaired) electrons. The van der Waals surface area contributed by atoms with Gasteiger partial charge in [-0.05, 0) is 61.1 Å². The van der Waals surface area contributed by atoms with Crippen molar-refractivity contribution in [2.24, 2.45) is 5.73 Å². The van der Waals surface area contributed by atoms with Crippen LogP contribution in [0.1, 0.15) is 50.7 Å². The van der Waals surface area contributed by atoms with Gasteiger partial charge in [0.05, 0.1) is 7.11 Å². The van der Waals surface area contributed by atoms with Gasteiger partial charge in [-0.1, -0.05) is 26.0 Å². The minimum Gasteiger partial charge on any atom is -0.496 e. The molecule has 18 heavy (non-hydrogen) atoms. The van der Waals surface area contributed by atoms with E-state index in [0.29, 0.717) is 5.92 Å². The molecule has 0 fully saturated rings. The Morgan fingerprint density at radius 1 is 1.39 bits per heavy atom. The van der Waals surface area contributed by atoms with Crippen LogP contribution in [0.2, 0.25) is 0 Å². The van der Waals surface area contributed by atoms with Crippen LogP contribution in [0.25, 0.3) is 5.57 Å². The minimum atomic E-state index is 0.469. The van der Waals surface area contributed by atoms with Crippen LogP contribution in [-0.4, -0.2) is 13.7 Å². The van der Waals surface area contributed by atoms with Gasteiger partial charge in [0.15, 0.2) is 0 Å². The second-order valence-corrected chi connectivity index (χ2v) is 4.93. The smallest absolute Gasteiger partial charge is 0.122 e. The molecule has 100 valence electrons. The second-order valence-electron chi connectivity index (χ2n) is 4.93. The Balaban J connectivity index is 2.97. The van der Waals surface area contributed by atoms with Gasteiger partial charge in [-0.15, -0.1) is 0 Å². The van der Waals surface area contributed by atoms with Crippen molar-refractivity contribution in [3.05, 3.63) is 35.4 Å². The normalized spacial score (nSPS) is 12.0. The van der Waals surface area contributed by atoms with Gasteiger partial charge in [0, 0.05) is 0 Å². The van der Waals surface area contributed by atoms with Gasteiger partial charge in [-0.2, -0.15) is 0 Å².